The van der Waals surface area contributed by atoms with Gasteiger partial charge in [0.05, 0.1) is 12.2 Å². The van der Waals surface area contributed by atoms with Crippen LogP contribution < -0.4 is 5.69 Å². The number of nitrogens with zero attached hydrogens (tertiary/aromatic N) is 5. The van der Waals surface area contributed by atoms with E-state index in [2.05, 4.69) is 15.1 Å². The molecule has 8 heteroatoms. The maximum atomic E-state index is 12.3. The molecule has 2 aromatic heterocycles. The quantitative estimate of drug-likeness (QED) is 0.872. The lowest BCUT2D eigenvalue weighted by molar-refractivity contribution is 0.0694. The number of hydrogen-bond donors (Lipinski definition) is 1. The molecule has 0 saturated carbocycles. The predicted octanol–water partition coefficient (Wildman–Crippen LogP) is 0.308. The molecule has 1 aliphatic heterocycles. The van der Waals surface area contributed by atoms with Crippen molar-refractivity contribution in [2.24, 2.45) is 0 Å². The molecule has 3 heterocycles. The van der Waals surface area contributed by atoms with Gasteiger partial charge in [-0.25, -0.2) is 24.2 Å². The molecule has 0 amide bonds. The van der Waals surface area contributed by atoms with Crippen LogP contribution in [0.15, 0.2) is 17.3 Å². The summed E-state index contributed by atoms with van der Waals surface area (Å²) in [7, 11) is 0. The van der Waals surface area contributed by atoms with Crippen LogP contribution in [0.2, 0.25) is 0 Å². The van der Waals surface area contributed by atoms with Gasteiger partial charge >= 0.3 is 11.7 Å². The van der Waals surface area contributed by atoms with Crippen LogP contribution in [0.1, 0.15) is 41.1 Å². The first-order valence-electron chi connectivity index (χ1n) is 6.85. The summed E-state index contributed by atoms with van der Waals surface area (Å²) >= 11 is 0. The molecule has 110 valence electrons. The molecule has 0 atom stereocenters. The van der Waals surface area contributed by atoms with Crippen molar-refractivity contribution in [3.05, 3.63) is 40.1 Å². The summed E-state index contributed by atoms with van der Waals surface area (Å²) < 4.78 is 2.96. The van der Waals surface area contributed by atoms with Gasteiger partial charge in [-0.1, -0.05) is 6.42 Å². The fourth-order valence-corrected chi connectivity index (χ4v) is 2.53. The van der Waals surface area contributed by atoms with E-state index in [9.17, 15) is 9.59 Å². The summed E-state index contributed by atoms with van der Waals surface area (Å²) in [6, 6.07) is 0. The van der Waals surface area contributed by atoms with Crippen molar-refractivity contribution in [2.75, 3.05) is 0 Å². The first-order valence-corrected chi connectivity index (χ1v) is 6.85. The first kappa shape index (κ1) is 13.5. The predicted molar refractivity (Wildman–Crippen MR) is 72.1 cm³/mol. The Morgan fingerprint density at radius 3 is 3.00 bits per heavy atom. The Balaban J connectivity index is 1.96. The summed E-state index contributed by atoms with van der Waals surface area (Å²) in [5, 5.41) is 13.4. The number of hydrogen-bond acceptors (Lipinski definition) is 5. The van der Waals surface area contributed by atoms with Gasteiger partial charge in [-0.05, 0) is 12.8 Å². The molecule has 0 bridgehead atoms. The Kier molecular flexibility index (Phi) is 3.51. The van der Waals surface area contributed by atoms with E-state index in [1.807, 2.05) is 0 Å². The van der Waals surface area contributed by atoms with Crippen LogP contribution in [0.4, 0.5) is 0 Å². The van der Waals surface area contributed by atoms with Crippen molar-refractivity contribution in [3.8, 4) is 0 Å². The second-order valence-electron chi connectivity index (χ2n) is 5.01. The highest BCUT2D eigenvalue weighted by Crippen LogP contribution is 2.11. The Bertz CT molecular complexity index is 734. The van der Waals surface area contributed by atoms with E-state index in [1.165, 1.54) is 17.2 Å². The SMILES string of the molecule is O=C(O)c1cncnc1Cn1nc2n(c1=O)CCCCC2. The van der Waals surface area contributed by atoms with Crippen LogP contribution in [0.3, 0.4) is 0 Å². The molecule has 0 aromatic carbocycles. The van der Waals surface area contributed by atoms with E-state index in [4.69, 9.17) is 5.11 Å². The number of carboxylic acids is 1. The molecule has 1 aliphatic rings. The van der Waals surface area contributed by atoms with Crippen LogP contribution in [0, 0.1) is 0 Å². The fourth-order valence-electron chi connectivity index (χ4n) is 2.53. The monoisotopic (exact) mass is 289 g/mol. The van der Waals surface area contributed by atoms with Gasteiger partial charge in [0.2, 0.25) is 0 Å². The normalized spacial score (nSPS) is 14.5. The molecule has 21 heavy (non-hydrogen) atoms. The van der Waals surface area contributed by atoms with E-state index < -0.39 is 5.97 Å². The van der Waals surface area contributed by atoms with Crippen molar-refractivity contribution in [3.63, 3.8) is 0 Å². The number of carboxylic acid groups (broad SMARTS) is 1. The molecule has 1 N–H and O–H groups in total. The number of rotatable bonds is 3. The molecule has 2 aromatic rings. The molecule has 3 rings (SSSR count). The van der Waals surface area contributed by atoms with Gasteiger partial charge in [0.25, 0.3) is 0 Å². The minimum Gasteiger partial charge on any atom is -0.478 e. The third-order valence-corrected chi connectivity index (χ3v) is 3.61. The van der Waals surface area contributed by atoms with Gasteiger partial charge in [0.15, 0.2) is 0 Å². The number of aryl methyl sites for hydroxylation is 1. The van der Waals surface area contributed by atoms with E-state index in [-0.39, 0.29) is 23.5 Å². The zero-order valence-corrected chi connectivity index (χ0v) is 11.4. The standard InChI is InChI=1S/C13H15N5O3/c19-12(20)9-6-14-8-15-10(9)7-18-13(21)17-5-3-1-2-4-11(17)16-18/h6,8H,1-5,7H2,(H,19,20). The summed E-state index contributed by atoms with van der Waals surface area (Å²) in [6.45, 7) is 0.715. The maximum Gasteiger partial charge on any atom is 0.346 e. The number of aromatic nitrogens is 5. The largest absolute Gasteiger partial charge is 0.478 e. The maximum absolute atomic E-state index is 12.3. The van der Waals surface area contributed by atoms with Crippen LogP contribution in [-0.4, -0.2) is 35.4 Å². The lowest BCUT2D eigenvalue weighted by Crippen LogP contribution is -2.26. The number of fused-ring (bicyclic) bond motifs is 1. The average molecular weight is 289 g/mol. The minimum atomic E-state index is -1.11. The molecule has 0 aliphatic carbocycles. The highest BCUT2D eigenvalue weighted by molar-refractivity contribution is 5.88. The van der Waals surface area contributed by atoms with Gasteiger partial charge in [-0.2, -0.15) is 5.10 Å². The van der Waals surface area contributed by atoms with E-state index in [1.54, 1.807) is 4.57 Å². The third-order valence-electron chi connectivity index (χ3n) is 3.61. The summed E-state index contributed by atoms with van der Waals surface area (Å²) in [4.78, 5) is 31.1. The number of carbonyl (C=O) groups is 1. The van der Waals surface area contributed by atoms with Crippen LogP contribution in [0.5, 0.6) is 0 Å². The van der Waals surface area contributed by atoms with Crippen molar-refractivity contribution >= 4 is 5.97 Å². The highest BCUT2D eigenvalue weighted by atomic mass is 16.4. The fraction of sp³-hybridized carbons (Fsp3) is 0.462. The summed E-state index contributed by atoms with van der Waals surface area (Å²) in [5.74, 6) is -0.345. The summed E-state index contributed by atoms with van der Waals surface area (Å²) in [5.41, 5.74) is 0.0716. The minimum absolute atomic E-state index is 0.00686. The van der Waals surface area contributed by atoms with E-state index in [0.717, 1.165) is 31.5 Å². The molecule has 0 unspecified atom stereocenters. The molecule has 0 spiro atoms. The van der Waals surface area contributed by atoms with E-state index >= 15 is 0 Å². The molecule has 8 nitrogen and oxygen atoms in total. The lowest BCUT2D eigenvalue weighted by atomic mass is 10.2. The zero-order chi connectivity index (χ0) is 14.8. The van der Waals surface area contributed by atoms with Gasteiger partial charge in [0.1, 0.15) is 17.7 Å². The van der Waals surface area contributed by atoms with Crippen molar-refractivity contribution in [1.82, 2.24) is 24.3 Å². The van der Waals surface area contributed by atoms with Gasteiger partial charge in [-0.3, -0.25) is 4.57 Å². The Morgan fingerprint density at radius 1 is 1.33 bits per heavy atom. The smallest absolute Gasteiger partial charge is 0.346 e. The lowest BCUT2D eigenvalue weighted by Gasteiger charge is -2.03. The topological polar surface area (TPSA) is 103 Å². The highest BCUT2D eigenvalue weighted by Gasteiger charge is 2.18. The number of aromatic carboxylic acids is 1. The second kappa shape index (κ2) is 5.47. The average Bonchev–Trinajstić information content (AvgIpc) is 2.66. The van der Waals surface area contributed by atoms with Crippen LogP contribution in [-0.2, 0) is 19.5 Å². The zero-order valence-electron chi connectivity index (χ0n) is 11.4. The second-order valence-corrected chi connectivity index (χ2v) is 5.01. The van der Waals surface area contributed by atoms with Gasteiger partial charge < -0.3 is 5.11 Å². The Labute approximate surface area is 120 Å². The molecular formula is C13H15N5O3. The molecule has 0 radical (unpaired) electrons. The van der Waals surface area contributed by atoms with Gasteiger partial charge in [0, 0.05) is 19.2 Å². The van der Waals surface area contributed by atoms with Crippen LogP contribution >= 0.6 is 0 Å². The first-order chi connectivity index (χ1) is 10.2. The van der Waals surface area contributed by atoms with Gasteiger partial charge in [-0.15, -0.1) is 0 Å². The van der Waals surface area contributed by atoms with Crippen LogP contribution in [0.25, 0.3) is 0 Å². The molecular weight excluding hydrogens is 274 g/mol. The van der Waals surface area contributed by atoms with Crippen molar-refractivity contribution in [1.29, 1.82) is 0 Å². The van der Waals surface area contributed by atoms with E-state index in [0.29, 0.717) is 6.54 Å². The summed E-state index contributed by atoms with van der Waals surface area (Å²) in [6.07, 6.45) is 6.36. The Morgan fingerprint density at radius 2 is 2.19 bits per heavy atom. The molecule has 0 saturated heterocycles. The van der Waals surface area contributed by atoms with Crippen molar-refractivity contribution in [2.45, 2.75) is 38.8 Å². The molecule has 0 fully saturated rings. The third kappa shape index (κ3) is 2.56. The van der Waals surface area contributed by atoms with Crippen molar-refractivity contribution < 1.29 is 9.90 Å². The Hall–Kier alpha value is -2.51.